The van der Waals surface area contributed by atoms with E-state index in [0.29, 0.717) is 28.6 Å². The van der Waals surface area contributed by atoms with Crippen LogP contribution in [0, 0.1) is 13.8 Å². The minimum absolute atomic E-state index is 0.0265. The van der Waals surface area contributed by atoms with Crippen LogP contribution in [-0.4, -0.2) is 28.4 Å². The summed E-state index contributed by atoms with van der Waals surface area (Å²) in [4.78, 5) is 33.0. The number of aliphatic hydroxyl groups is 1. The average molecular weight is 563 g/mol. The van der Waals surface area contributed by atoms with Crippen LogP contribution in [0.2, 0.25) is 0 Å². The van der Waals surface area contributed by atoms with Crippen molar-refractivity contribution in [3.63, 3.8) is 0 Å². The monoisotopic (exact) mass is 562 g/mol. The molecule has 1 saturated heterocycles. The van der Waals surface area contributed by atoms with E-state index in [1.807, 2.05) is 57.2 Å². The normalized spacial score (nSPS) is 17.2. The zero-order valence-electron chi connectivity index (χ0n) is 19.9. The third-order valence-electron chi connectivity index (χ3n) is 6.09. The molecule has 1 aliphatic rings. The van der Waals surface area contributed by atoms with Gasteiger partial charge in [0.1, 0.15) is 11.5 Å². The number of hydrogen-bond acceptors (Lipinski definition) is 6. The first-order chi connectivity index (χ1) is 17.3. The van der Waals surface area contributed by atoms with E-state index >= 15 is 0 Å². The Morgan fingerprint density at radius 3 is 2.44 bits per heavy atom. The highest BCUT2D eigenvalue weighted by Crippen LogP contribution is 2.45. The molecule has 4 aromatic rings. The Morgan fingerprint density at radius 1 is 1.08 bits per heavy atom. The number of aryl methyl sites for hydroxylation is 2. The minimum Gasteiger partial charge on any atom is -0.507 e. The average Bonchev–Trinajstić information content (AvgIpc) is 3.38. The molecular formula is C28H23BrN2O4S. The van der Waals surface area contributed by atoms with Gasteiger partial charge in [-0.2, -0.15) is 0 Å². The summed E-state index contributed by atoms with van der Waals surface area (Å²) < 4.78 is 7.29. The minimum atomic E-state index is -0.827. The number of benzene rings is 3. The van der Waals surface area contributed by atoms with E-state index in [1.54, 1.807) is 24.3 Å². The molecule has 0 aliphatic carbocycles. The molecule has 182 valence electrons. The number of anilines is 1. The summed E-state index contributed by atoms with van der Waals surface area (Å²) in [5.74, 6) is -1.05. The van der Waals surface area contributed by atoms with Crippen molar-refractivity contribution < 1.29 is 19.4 Å². The fourth-order valence-corrected chi connectivity index (χ4v) is 5.92. The second kappa shape index (κ2) is 9.52. The van der Waals surface area contributed by atoms with Gasteiger partial charge in [0, 0.05) is 10.0 Å². The fraction of sp³-hybridized carbons (Fsp3) is 0.179. The van der Waals surface area contributed by atoms with Gasteiger partial charge in [0.2, 0.25) is 0 Å². The number of hydrogen-bond donors (Lipinski definition) is 1. The van der Waals surface area contributed by atoms with Crippen LogP contribution >= 0.6 is 27.3 Å². The Balaban J connectivity index is 1.69. The number of amides is 1. The number of Topliss-reactive ketones (excluding diaryl/α,β-unsaturated/α-hetero) is 1. The number of fused-ring (bicyclic) bond motifs is 1. The van der Waals surface area contributed by atoms with Crippen molar-refractivity contribution in [2.24, 2.45) is 0 Å². The summed E-state index contributed by atoms with van der Waals surface area (Å²) in [6.07, 6.45) is 0. The fourth-order valence-electron chi connectivity index (χ4n) is 4.48. The van der Waals surface area contributed by atoms with Gasteiger partial charge >= 0.3 is 5.91 Å². The van der Waals surface area contributed by atoms with Gasteiger partial charge in [0.15, 0.2) is 5.13 Å². The van der Waals surface area contributed by atoms with Crippen LogP contribution < -0.4 is 9.64 Å². The Bertz CT molecular complexity index is 1520. The van der Waals surface area contributed by atoms with Gasteiger partial charge in [0.25, 0.3) is 5.78 Å². The number of rotatable bonds is 5. The summed E-state index contributed by atoms with van der Waals surface area (Å²) in [5.41, 5.74) is 4.03. The lowest BCUT2D eigenvalue weighted by molar-refractivity contribution is -0.132. The molecule has 1 N–H and O–H groups in total. The Hall–Kier alpha value is -3.49. The van der Waals surface area contributed by atoms with Gasteiger partial charge in [-0.15, -0.1) is 0 Å². The lowest BCUT2D eigenvalue weighted by atomic mass is 9.95. The van der Waals surface area contributed by atoms with Gasteiger partial charge in [-0.3, -0.25) is 14.5 Å². The van der Waals surface area contributed by atoms with E-state index in [4.69, 9.17) is 9.72 Å². The number of aromatic nitrogens is 1. The Kier molecular flexibility index (Phi) is 6.40. The molecule has 1 amide bonds. The molecule has 6 nitrogen and oxygen atoms in total. The molecule has 1 atom stereocenters. The molecule has 0 spiro atoms. The quantitative estimate of drug-likeness (QED) is 0.166. The lowest BCUT2D eigenvalue weighted by Gasteiger charge is -2.23. The molecule has 1 aliphatic heterocycles. The molecule has 5 rings (SSSR count). The summed E-state index contributed by atoms with van der Waals surface area (Å²) in [7, 11) is 0. The summed E-state index contributed by atoms with van der Waals surface area (Å²) in [6, 6.07) is 17.4. The molecule has 0 saturated carbocycles. The van der Waals surface area contributed by atoms with Gasteiger partial charge in [-0.05, 0) is 79.9 Å². The number of carbonyl (C=O) groups excluding carboxylic acids is 2. The second-order valence-electron chi connectivity index (χ2n) is 8.60. The van der Waals surface area contributed by atoms with Crippen molar-refractivity contribution >= 4 is 60.1 Å². The SMILES string of the molecule is CCOc1ccc(/C(O)=C2\C(=O)C(=O)N(c3nc4c(C)cc(C)cc4s3)C2c2ccc(Br)cc2)cc1. The Labute approximate surface area is 221 Å². The molecule has 36 heavy (non-hydrogen) atoms. The number of aliphatic hydroxyl groups excluding tert-OH is 1. The standard InChI is InChI=1S/C28H23BrN2O4S/c1-4-35-20-11-7-18(8-12-20)25(32)22-24(17-5-9-19(29)10-6-17)31(27(34)26(22)33)28-30-23-16(3)13-15(2)14-21(23)36-28/h5-14,24,32H,4H2,1-3H3/b25-22+. The van der Waals surface area contributed by atoms with Crippen LogP contribution in [0.3, 0.4) is 0 Å². The van der Waals surface area contributed by atoms with Crippen LogP contribution in [0.15, 0.2) is 70.7 Å². The molecule has 0 radical (unpaired) electrons. The zero-order chi connectivity index (χ0) is 25.6. The van der Waals surface area contributed by atoms with Crippen molar-refractivity contribution in [3.8, 4) is 5.75 Å². The maximum atomic E-state index is 13.4. The van der Waals surface area contributed by atoms with E-state index in [0.717, 1.165) is 25.8 Å². The number of ether oxygens (including phenoxy) is 1. The smallest absolute Gasteiger partial charge is 0.301 e. The zero-order valence-corrected chi connectivity index (χ0v) is 22.3. The summed E-state index contributed by atoms with van der Waals surface area (Å²) in [5, 5.41) is 11.7. The molecule has 2 heterocycles. The van der Waals surface area contributed by atoms with Gasteiger partial charge in [0.05, 0.1) is 28.4 Å². The number of carbonyl (C=O) groups is 2. The number of halogens is 1. The molecular weight excluding hydrogens is 540 g/mol. The highest BCUT2D eigenvalue weighted by molar-refractivity contribution is 9.10. The Morgan fingerprint density at radius 2 is 1.78 bits per heavy atom. The third-order valence-corrected chi connectivity index (χ3v) is 7.62. The van der Waals surface area contributed by atoms with E-state index in [1.165, 1.54) is 16.2 Å². The predicted molar refractivity (Wildman–Crippen MR) is 146 cm³/mol. The van der Waals surface area contributed by atoms with Crippen LogP contribution in [-0.2, 0) is 9.59 Å². The van der Waals surface area contributed by atoms with E-state index in [2.05, 4.69) is 15.9 Å². The van der Waals surface area contributed by atoms with Crippen LogP contribution in [0.1, 0.15) is 35.2 Å². The number of nitrogens with zero attached hydrogens (tertiary/aromatic N) is 2. The molecule has 1 fully saturated rings. The molecule has 1 aromatic heterocycles. The second-order valence-corrected chi connectivity index (χ2v) is 10.5. The van der Waals surface area contributed by atoms with Crippen LogP contribution in [0.4, 0.5) is 5.13 Å². The first-order valence-corrected chi connectivity index (χ1v) is 13.1. The molecule has 8 heteroatoms. The van der Waals surface area contributed by atoms with E-state index in [9.17, 15) is 14.7 Å². The van der Waals surface area contributed by atoms with E-state index < -0.39 is 17.7 Å². The molecule has 1 unspecified atom stereocenters. The first kappa shape index (κ1) is 24.2. The maximum absolute atomic E-state index is 13.4. The highest BCUT2D eigenvalue weighted by Gasteiger charge is 2.48. The lowest BCUT2D eigenvalue weighted by Crippen LogP contribution is -2.29. The van der Waals surface area contributed by atoms with Gasteiger partial charge in [-0.1, -0.05) is 45.5 Å². The largest absolute Gasteiger partial charge is 0.507 e. The third kappa shape index (κ3) is 4.20. The van der Waals surface area contributed by atoms with E-state index in [-0.39, 0.29) is 11.3 Å². The maximum Gasteiger partial charge on any atom is 0.301 e. The van der Waals surface area contributed by atoms with Gasteiger partial charge < -0.3 is 9.84 Å². The van der Waals surface area contributed by atoms with Gasteiger partial charge in [-0.25, -0.2) is 4.98 Å². The van der Waals surface area contributed by atoms with Crippen molar-refractivity contribution in [1.82, 2.24) is 4.98 Å². The topological polar surface area (TPSA) is 79.7 Å². The molecule has 3 aromatic carbocycles. The van der Waals surface area contributed by atoms with Crippen molar-refractivity contribution in [2.75, 3.05) is 11.5 Å². The number of ketones is 1. The summed E-state index contributed by atoms with van der Waals surface area (Å²) >= 11 is 4.80. The van der Waals surface area contributed by atoms with Crippen LogP contribution in [0.5, 0.6) is 5.75 Å². The predicted octanol–water partition coefficient (Wildman–Crippen LogP) is 6.70. The van der Waals surface area contributed by atoms with Crippen LogP contribution in [0.25, 0.3) is 16.0 Å². The van der Waals surface area contributed by atoms with Crippen molar-refractivity contribution in [1.29, 1.82) is 0 Å². The van der Waals surface area contributed by atoms with Crippen molar-refractivity contribution in [2.45, 2.75) is 26.8 Å². The first-order valence-electron chi connectivity index (χ1n) is 11.5. The molecule has 0 bridgehead atoms. The van der Waals surface area contributed by atoms with Crippen molar-refractivity contribution in [3.05, 3.63) is 93.0 Å². The highest BCUT2D eigenvalue weighted by atomic mass is 79.9. The summed E-state index contributed by atoms with van der Waals surface area (Å²) in [6.45, 7) is 6.39. The number of thiazole rings is 1.